The molecule has 0 N–H and O–H groups in total. The predicted octanol–water partition coefficient (Wildman–Crippen LogP) is 2.00. The first-order valence-electron chi connectivity index (χ1n) is 5.39. The van der Waals surface area contributed by atoms with E-state index in [9.17, 15) is 4.79 Å². The van der Waals surface area contributed by atoms with E-state index in [-0.39, 0.29) is 11.9 Å². The van der Waals surface area contributed by atoms with Gasteiger partial charge in [0, 0.05) is 7.11 Å². The smallest absolute Gasteiger partial charge is 0.309 e. The summed E-state index contributed by atoms with van der Waals surface area (Å²) in [5.41, 5.74) is 0. The molecule has 1 aliphatic rings. The Bertz CT molecular complexity index is 179. The number of carbonyl (C=O) groups is 1. The molecule has 1 rings (SSSR count). The molecule has 0 bridgehead atoms. The Morgan fingerprint density at radius 3 is 2.79 bits per heavy atom. The van der Waals surface area contributed by atoms with E-state index in [2.05, 4.69) is 6.92 Å². The summed E-state index contributed by atoms with van der Waals surface area (Å²) in [6.07, 6.45) is 4.40. The van der Waals surface area contributed by atoms with E-state index in [0.717, 1.165) is 19.3 Å². The number of esters is 1. The molecule has 2 unspecified atom stereocenters. The standard InChI is InChI=1S/C11H20O3/c1-9-4-3-5-10(8-9)11(12)14-7-6-13-2/h9-10H,3-8H2,1-2H3. The van der Waals surface area contributed by atoms with E-state index in [1.807, 2.05) is 0 Å². The summed E-state index contributed by atoms with van der Waals surface area (Å²) in [6.45, 7) is 3.09. The molecule has 14 heavy (non-hydrogen) atoms. The lowest BCUT2D eigenvalue weighted by molar-refractivity contribution is -0.151. The summed E-state index contributed by atoms with van der Waals surface area (Å²) in [5, 5.41) is 0. The second kappa shape index (κ2) is 6.02. The molecule has 2 atom stereocenters. The van der Waals surface area contributed by atoms with Crippen molar-refractivity contribution in [2.24, 2.45) is 11.8 Å². The summed E-state index contributed by atoms with van der Waals surface area (Å²) < 4.78 is 9.93. The lowest BCUT2D eigenvalue weighted by Gasteiger charge is -2.24. The Hall–Kier alpha value is -0.570. The van der Waals surface area contributed by atoms with Crippen LogP contribution in [0.3, 0.4) is 0 Å². The summed E-state index contributed by atoms with van der Waals surface area (Å²) in [5.74, 6) is 0.771. The zero-order chi connectivity index (χ0) is 10.4. The number of rotatable bonds is 4. The molecule has 0 aliphatic heterocycles. The minimum absolute atomic E-state index is 0.0337. The van der Waals surface area contributed by atoms with Gasteiger partial charge in [-0.05, 0) is 18.8 Å². The van der Waals surface area contributed by atoms with Crippen LogP contribution in [0.1, 0.15) is 32.6 Å². The predicted molar refractivity (Wildman–Crippen MR) is 54.0 cm³/mol. The molecule has 0 aromatic heterocycles. The third kappa shape index (κ3) is 3.66. The minimum atomic E-state index is -0.0337. The summed E-state index contributed by atoms with van der Waals surface area (Å²) in [4.78, 5) is 11.5. The average molecular weight is 200 g/mol. The van der Waals surface area contributed by atoms with E-state index in [1.54, 1.807) is 7.11 Å². The summed E-state index contributed by atoms with van der Waals surface area (Å²) >= 11 is 0. The van der Waals surface area contributed by atoms with Crippen molar-refractivity contribution in [2.75, 3.05) is 20.3 Å². The molecular formula is C11H20O3. The Labute approximate surface area is 85.8 Å². The Balaban J connectivity index is 2.22. The van der Waals surface area contributed by atoms with Gasteiger partial charge in [0.25, 0.3) is 0 Å². The fourth-order valence-corrected chi connectivity index (χ4v) is 1.99. The molecule has 3 heteroatoms. The van der Waals surface area contributed by atoms with Gasteiger partial charge in [-0.25, -0.2) is 0 Å². The molecule has 0 spiro atoms. The van der Waals surface area contributed by atoms with Gasteiger partial charge in [0.2, 0.25) is 0 Å². The largest absolute Gasteiger partial charge is 0.463 e. The monoisotopic (exact) mass is 200 g/mol. The normalized spacial score (nSPS) is 27.3. The molecule has 3 nitrogen and oxygen atoms in total. The summed E-state index contributed by atoms with van der Waals surface area (Å²) in [6, 6.07) is 0. The minimum Gasteiger partial charge on any atom is -0.463 e. The van der Waals surface area contributed by atoms with E-state index >= 15 is 0 Å². The van der Waals surface area contributed by atoms with Gasteiger partial charge in [-0.15, -0.1) is 0 Å². The molecule has 1 fully saturated rings. The van der Waals surface area contributed by atoms with Crippen LogP contribution in [0.15, 0.2) is 0 Å². The van der Waals surface area contributed by atoms with Gasteiger partial charge >= 0.3 is 5.97 Å². The maximum absolute atomic E-state index is 11.5. The zero-order valence-electron chi connectivity index (χ0n) is 9.12. The van der Waals surface area contributed by atoms with Crippen LogP contribution in [0.2, 0.25) is 0 Å². The van der Waals surface area contributed by atoms with Gasteiger partial charge in [0.15, 0.2) is 0 Å². The maximum Gasteiger partial charge on any atom is 0.309 e. The molecule has 1 saturated carbocycles. The number of carbonyl (C=O) groups excluding carboxylic acids is 1. The van der Waals surface area contributed by atoms with E-state index in [4.69, 9.17) is 9.47 Å². The fourth-order valence-electron chi connectivity index (χ4n) is 1.99. The van der Waals surface area contributed by atoms with E-state index < -0.39 is 0 Å². The van der Waals surface area contributed by atoms with Crippen molar-refractivity contribution in [3.05, 3.63) is 0 Å². The Morgan fingerprint density at radius 2 is 2.14 bits per heavy atom. The molecular weight excluding hydrogens is 180 g/mol. The van der Waals surface area contributed by atoms with Crippen LogP contribution >= 0.6 is 0 Å². The average Bonchev–Trinajstić information content (AvgIpc) is 2.18. The second-order valence-corrected chi connectivity index (χ2v) is 4.13. The van der Waals surface area contributed by atoms with Crippen molar-refractivity contribution >= 4 is 5.97 Å². The molecule has 0 radical (unpaired) electrons. The highest BCUT2D eigenvalue weighted by atomic mass is 16.6. The van der Waals surface area contributed by atoms with Crippen LogP contribution in [0, 0.1) is 11.8 Å². The lowest BCUT2D eigenvalue weighted by atomic mass is 9.82. The fraction of sp³-hybridized carbons (Fsp3) is 0.909. The van der Waals surface area contributed by atoms with Crippen molar-refractivity contribution in [3.63, 3.8) is 0 Å². The Kier molecular flexibility index (Phi) is 4.94. The SMILES string of the molecule is COCCOC(=O)C1CCCC(C)C1. The highest BCUT2D eigenvalue weighted by molar-refractivity contribution is 5.72. The maximum atomic E-state index is 11.5. The van der Waals surface area contributed by atoms with Gasteiger partial charge in [0.1, 0.15) is 6.61 Å². The topological polar surface area (TPSA) is 35.5 Å². The molecule has 0 aromatic carbocycles. The highest BCUT2D eigenvalue weighted by Gasteiger charge is 2.25. The molecule has 0 heterocycles. The number of hydrogen-bond acceptors (Lipinski definition) is 3. The van der Waals surface area contributed by atoms with Crippen LogP contribution in [0.25, 0.3) is 0 Å². The highest BCUT2D eigenvalue weighted by Crippen LogP contribution is 2.29. The lowest BCUT2D eigenvalue weighted by Crippen LogP contribution is -2.24. The van der Waals surface area contributed by atoms with Crippen LogP contribution in [0.4, 0.5) is 0 Å². The quantitative estimate of drug-likeness (QED) is 0.514. The molecule has 0 amide bonds. The molecule has 82 valence electrons. The van der Waals surface area contributed by atoms with Crippen LogP contribution in [0.5, 0.6) is 0 Å². The molecule has 0 saturated heterocycles. The van der Waals surface area contributed by atoms with Crippen LogP contribution in [-0.2, 0) is 14.3 Å². The Morgan fingerprint density at radius 1 is 1.36 bits per heavy atom. The first-order chi connectivity index (χ1) is 6.74. The zero-order valence-corrected chi connectivity index (χ0v) is 9.12. The second-order valence-electron chi connectivity index (χ2n) is 4.13. The van der Waals surface area contributed by atoms with Gasteiger partial charge < -0.3 is 9.47 Å². The van der Waals surface area contributed by atoms with Gasteiger partial charge in [-0.3, -0.25) is 4.79 Å². The van der Waals surface area contributed by atoms with Crippen LogP contribution in [-0.4, -0.2) is 26.3 Å². The van der Waals surface area contributed by atoms with E-state index in [0.29, 0.717) is 19.1 Å². The van der Waals surface area contributed by atoms with Crippen molar-refractivity contribution in [1.29, 1.82) is 0 Å². The first-order valence-corrected chi connectivity index (χ1v) is 5.39. The number of methoxy groups -OCH3 is 1. The number of hydrogen-bond donors (Lipinski definition) is 0. The third-order valence-corrected chi connectivity index (χ3v) is 2.80. The van der Waals surface area contributed by atoms with Gasteiger partial charge in [-0.1, -0.05) is 19.8 Å². The first kappa shape index (κ1) is 11.5. The van der Waals surface area contributed by atoms with Crippen LogP contribution < -0.4 is 0 Å². The van der Waals surface area contributed by atoms with Crippen molar-refractivity contribution in [1.82, 2.24) is 0 Å². The van der Waals surface area contributed by atoms with E-state index in [1.165, 1.54) is 6.42 Å². The third-order valence-electron chi connectivity index (χ3n) is 2.80. The molecule has 0 aromatic rings. The van der Waals surface area contributed by atoms with Gasteiger partial charge in [-0.2, -0.15) is 0 Å². The van der Waals surface area contributed by atoms with Crippen molar-refractivity contribution < 1.29 is 14.3 Å². The summed E-state index contributed by atoms with van der Waals surface area (Å²) in [7, 11) is 1.61. The van der Waals surface area contributed by atoms with Gasteiger partial charge in [0.05, 0.1) is 12.5 Å². The number of ether oxygens (including phenoxy) is 2. The molecule has 1 aliphatic carbocycles. The van der Waals surface area contributed by atoms with Crippen molar-refractivity contribution in [2.45, 2.75) is 32.6 Å². The van der Waals surface area contributed by atoms with Crippen molar-refractivity contribution in [3.8, 4) is 0 Å².